The summed E-state index contributed by atoms with van der Waals surface area (Å²) >= 11 is 0. The molecule has 2 heteroatoms. The van der Waals surface area contributed by atoms with E-state index in [-0.39, 0.29) is 6.10 Å². The normalized spacial score (nSPS) is 16.5. The molecule has 2 nitrogen and oxygen atoms in total. The highest BCUT2D eigenvalue weighted by molar-refractivity contribution is 5.29. The number of aryl methyl sites for hydroxylation is 1. The Kier molecular flexibility index (Phi) is 4.37. The van der Waals surface area contributed by atoms with E-state index in [0.717, 1.165) is 38.0 Å². The molecule has 1 unspecified atom stereocenters. The molecular formula is C19H23NO. The van der Waals surface area contributed by atoms with Crippen LogP contribution in [-0.2, 0) is 13.0 Å². The summed E-state index contributed by atoms with van der Waals surface area (Å²) in [5.41, 5.74) is 5.18. The van der Waals surface area contributed by atoms with Crippen LogP contribution in [0.15, 0.2) is 48.5 Å². The number of aliphatic hydroxyl groups is 1. The molecule has 0 bridgehead atoms. The fourth-order valence-corrected chi connectivity index (χ4v) is 3.01. The topological polar surface area (TPSA) is 23.5 Å². The van der Waals surface area contributed by atoms with Crippen molar-refractivity contribution in [1.29, 1.82) is 0 Å². The van der Waals surface area contributed by atoms with Crippen LogP contribution in [0.1, 0.15) is 34.8 Å². The third-order valence-corrected chi connectivity index (χ3v) is 4.39. The van der Waals surface area contributed by atoms with E-state index in [1.165, 1.54) is 16.7 Å². The highest BCUT2D eigenvalue weighted by Crippen LogP contribution is 2.21. The van der Waals surface area contributed by atoms with Crippen LogP contribution in [0.25, 0.3) is 0 Å². The van der Waals surface area contributed by atoms with Crippen molar-refractivity contribution in [3.05, 3.63) is 70.8 Å². The lowest BCUT2D eigenvalue weighted by Crippen LogP contribution is -2.32. The molecule has 0 spiro atoms. The average Bonchev–Trinajstić information content (AvgIpc) is 2.53. The second-order valence-electron chi connectivity index (χ2n) is 6.01. The summed E-state index contributed by atoms with van der Waals surface area (Å²) in [6, 6.07) is 16.9. The molecule has 1 aliphatic rings. The maximum Gasteiger partial charge on any atom is 0.0802 e. The molecule has 0 aliphatic carbocycles. The second kappa shape index (κ2) is 6.42. The van der Waals surface area contributed by atoms with Crippen molar-refractivity contribution < 1.29 is 5.11 Å². The third kappa shape index (κ3) is 3.52. The minimum absolute atomic E-state index is 0.359. The molecule has 0 fully saturated rings. The lowest BCUT2D eigenvalue weighted by Gasteiger charge is -2.29. The van der Waals surface area contributed by atoms with Gasteiger partial charge in [0.1, 0.15) is 0 Å². The van der Waals surface area contributed by atoms with Crippen LogP contribution >= 0.6 is 0 Å². The smallest absolute Gasteiger partial charge is 0.0802 e. The van der Waals surface area contributed by atoms with E-state index < -0.39 is 0 Å². The predicted octanol–water partition coefficient (Wildman–Crippen LogP) is 3.48. The second-order valence-corrected chi connectivity index (χ2v) is 6.01. The van der Waals surface area contributed by atoms with Crippen LogP contribution in [0.3, 0.4) is 0 Å². The first kappa shape index (κ1) is 14.3. The highest BCUT2D eigenvalue weighted by Gasteiger charge is 2.17. The Morgan fingerprint density at radius 1 is 1.05 bits per heavy atom. The molecule has 2 aromatic carbocycles. The van der Waals surface area contributed by atoms with Crippen molar-refractivity contribution >= 4 is 0 Å². The summed E-state index contributed by atoms with van der Waals surface area (Å²) in [7, 11) is 0. The SMILES string of the molecule is Cc1ccc(C(O)CCN2CCc3ccccc3C2)cc1. The van der Waals surface area contributed by atoms with Gasteiger partial charge in [0.15, 0.2) is 0 Å². The van der Waals surface area contributed by atoms with Gasteiger partial charge >= 0.3 is 0 Å². The van der Waals surface area contributed by atoms with Crippen molar-refractivity contribution in [3.8, 4) is 0 Å². The largest absolute Gasteiger partial charge is 0.388 e. The number of fused-ring (bicyclic) bond motifs is 1. The molecule has 0 saturated carbocycles. The fraction of sp³-hybridized carbons (Fsp3) is 0.368. The van der Waals surface area contributed by atoms with E-state index in [1.807, 2.05) is 12.1 Å². The zero-order valence-electron chi connectivity index (χ0n) is 12.6. The number of rotatable bonds is 4. The fourth-order valence-electron chi connectivity index (χ4n) is 3.01. The quantitative estimate of drug-likeness (QED) is 0.927. The molecule has 110 valence electrons. The van der Waals surface area contributed by atoms with Gasteiger partial charge in [-0.25, -0.2) is 0 Å². The maximum absolute atomic E-state index is 10.3. The van der Waals surface area contributed by atoms with Gasteiger partial charge in [0.25, 0.3) is 0 Å². The molecule has 1 atom stereocenters. The van der Waals surface area contributed by atoms with Gasteiger partial charge in [-0.05, 0) is 36.5 Å². The summed E-state index contributed by atoms with van der Waals surface area (Å²) in [6.45, 7) is 5.12. The van der Waals surface area contributed by atoms with Gasteiger partial charge in [0.2, 0.25) is 0 Å². The van der Waals surface area contributed by atoms with Crippen molar-refractivity contribution in [2.75, 3.05) is 13.1 Å². The summed E-state index contributed by atoms with van der Waals surface area (Å²) in [4.78, 5) is 2.44. The molecule has 3 rings (SSSR count). The van der Waals surface area contributed by atoms with E-state index >= 15 is 0 Å². The van der Waals surface area contributed by atoms with Gasteiger partial charge in [-0.3, -0.25) is 4.90 Å². The third-order valence-electron chi connectivity index (χ3n) is 4.39. The van der Waals surface area contributed by atoms with E-state index in [9.17, 15) is 5.11 Å². The van der Waals surface area contributed by atoms with E-state index in [4.69, 9.17) is 0 Å². The number of hydrogen-bond donors (Lipinski definition) is 1. The molecule has 1 heterocycles. The molecule has 21 heavy (non-hydrogen) atoms. The first-order valence-corrected chi connectivity index (χ1v) is 7.76. The predicted molar refractivity (Wildman–Crippen MR) is 86.2 cm³/mol. The highest BCUT2D eigenvalue weighted by atomic mass is 16.3. The first-order chi connectivity index (χ1) is 10.2. The molecule has 0 amide bonds. The Hall–Kier alpha value is -1.64. The standard InChI is InChI=1S/C19H23NO/c1-15-6-8-17(9-7-15)19(21)11-13-20-12-10-16-4-2-3-5-18(16)14-20/h2-9,19,21H,10-14H2,1H3. The van der Waals surface area contributed by atoms with Crippen molar-refractivity contribution in [1.82, 2.24) is 4.90 Å². The lowest BCUT2D eigenvalue weighted by atomic mass is 9.99. The molecule has 0 radical (unpaired) electrons. The van der Waals surface area contributed by atoms with Crippen molar-refractivity contribution in [2.24, 2.45) is 0 Å². The van der Waals surface area contributed by atoms with Crippen LogP contribution < -0.4 is 0 Å². The number of nitrogens with zero attached hydrogens (tertiary/aromatic N) is 1. The minimum atomic E-state index is -0.359. The van der Waals surface area contributed by atoms with Crippen LogP contribution in [0.2, 0.25) is 0 Å². The average molecular weight is 281 g/mol. The summed E-state index contributed by atoms with van der Waals surface area (Å²) in [5.74, 6) is 0. The number of hydrogen-bond acceptors (Lipinski definition) is 2. The zero-order valence-corrected chi connectivity index (χ0v) is 12.6. The molecule has 0 saturated heterocycles. The van der Waals surface area contributed by atoms with E-state index in [0.29, 0.717) is 0 Å². The molecule has 1 N–H and O–H groups in total. The monoisotopic (exact) mass is 281 g/mol. The lowest BCUT2D eigenvalue weighted by molar-refractivity contribution is 0.137. The number of aliphatic hydroxyl groups excluding tert-OH is 1. The molecule has 0 aromatic heterocycles. The Bertz CT molecular complexity index is 591. The van der Waals surface area contributed by atoms with Crippen LogP contribution in [-0.4, -0.2) is 23.1 Å². The van der Waals surface area contributed by atoms with Gasteiger partial charge in [0, 0.05) is 19.6 Å². The van der Waals surface area contributed by atoms with Crippen molar-refractivity contribution in [3.63, 3.8) is 0 Å². The van der Waals surface area contributed by atoms with Crippen LogP contribution in [0.4, 0.5) is 0 Å². The summed E-state index contributed by atoms with van der Waals surface area (Å²) in [6.07, 6.45) is 1.56. The summed E-state index contributed by atoms with van der Waals surface area (Å²) in [5, 5.41) is 10.3. The maximum atomic E-state index is 10.3. The van der Waals surface area contributed by atoms with E-state index in [1.54, 1.807) is 0 Å². The summed E-state index contributed by atoms with van der Waals surface area (Å²) < 4.78 is 0. The van der Waals surface area contributed by atoms with Gasteiger partial charge in [-0.2, -0.15) is 0 Å². The first-order valence-electron chi connectivity index (χ1n) is 7.76. The molecule has 1 aliphatic heterocycles. The van der Waals surface area contributed by atoms with Crippen LogP contribution in [0, 0.1) is 6.92 Å². The Morgan fingerprint density at radius 2 is 1.76 bits per heavy atom. The Balaban J connectivity index is 1.55. The van der Waals surface area contributed by atoms with Gasteiger partial charge in [-0.1, -0.05) is 54.1 Å². The van der Waals surface area contributed by atoms with Crippen molar-refractivity contribution in [2.45, 2.75) is 32.4 Å². The van der Waals surface area contributed by atoms with Gasteiger partial charge in [-0.15, -0.1) is 0 Å². The minimum Gasteiger partial charge on any atom is -0.388 e. The van der Waals surface area contributed by atoms with Crippen LogP contribution in [0.5, 0.6) is 0 Å². The number of benzene rings is 2. The molecular weight excluding hydrogens is 258 g/mol. The Labute approximate surface area is 127 Å². The van der Waals surface area contributed by atoms with Gasteiger partial charge in [0.05, 0.1) is 6.10 Å². The Morgan fingerprint density at radius 3 is 2.52 bits per heavy atom. The zero-order chi connectivity index (χ0) is 14.7. The van der Waals surface area contributed by atoms with E-state index in [2.05, 4.69) is 48.2 Å². The van der Waals surface area contributed by atoms with Gasteiger partial charge < -0.3 is 5.11 Å². The molecule has 2 aromatic rings.